The summed E-state index contributed by atoms with van der Waals surface area (Å²) < 4.78 is 0. The predicted molar refractivity (Wildman–Crippen MR) is 63.7 cm³/mol. The Balaban J connectivity index is 1.83. The van der Waals surface area contributed by atoms with Gasteiger partial charge in [-0.05, 0) is 43.4 Å². The van der Waals surface area contributed by atoms with E-state index in [9.17, 15) is 5.11 Å². The van der Waals surface area contributed by atoms with Gasteiger partial charge in [0.15, 0.2) is 0 Å². The Morgan fingerprint density at radius 2 is 1.60 bits per heavy atom. The van der Waals surface area contributed by atoms with Gasteiger partial charge in [0.2, 0.25) is 0 Å². The van der Waals surface area contributed by atoms with Gasteiger partial charge in [0.05, 0.1) is 6.10 Å². The normalized spacial score (nSPS) is 42.8. The van der Waals surface area contributed by atoms with E-state index in [2.05, 4.69) is 6.92 Å². The largest absolute Gasteiger partial charge is 0.393 e. The molecule has 0 heterocycles. The Hall–Kier alpha value is -0.0400. The third-order valence-corrected chi connectivity index (χ3v) is 4.86. The Morgan fingerprint density at radius 3 is 2.20 bits per heavy atom. The van der Waals surface area contributed by atoms with Gasteiger partial charge in [-0.25, -0.2) is 0 Å². The summed E-state index contributed by atoms with van der Waals surface area (Å²) in [7, 11) is 0. The number of rotatable bonds is 2. The molecule has 2 aliphatic rings. The molecule has 88 valence electrons. The van der Waals surface area contributed by atoms with Gasteiger partial charge in [0.1, 0.15) is 0 Å². The lowest BCUT2D eigenvalue weighted by molar-refractivity contribution is 0.0205. The van der Waals surface area contributed by atoms with Crippen LogP contribution in [0.2, 0.25) is 0 Å². The van der Waals surface area contributed by atoms with E-state index in [-0.39, 0.29) is 6.10 Å². The zero-order valence-corrected chi connectivity index (χ0v) is 10.1. The summed E-state index contributed by atoms with van der Waals surface area (Å²) in [6, 6.07) is 0. The molecule has 15 heavy (non-hydrogen) atoms. The molecule has 0 aromatic carbocycles. The zero-order valence-electron chi connectivity index (χ0n) is 10.1. The molecule has 0 spiro atoms. The van der Waals surface area contributed by atoms with Gasteiger partial charge in [0.25, 0.3) is 0 Å². The quantitative estimate of drug-likeness (QED) is 0.736. The van der Waals surface area contributed by atoms with Gasteiger partial charge < -0.3 is 5.11 Å². The van der Waals surface area contributed by atoms with Crippen molar-refractivity contribution in [1.82, 2.24) is 0 Å². The van der Waals surface area contributed by atoms with Gasteiger partial charge in [0, 0.05) is 0 Å². The van der Waals surface area contributed by atoms with Crippen LogP contribution in [0.1, 0.15) is 64.7 Å². The fourth-order valence-electron chi connectivity index (χ4n) is 3.71. The molecule has 0 saturated heterocycles. The van der Waals surface area contributed by atoms with Gasteiger partial charge in [-0.3, -0.25) is 0 Å². The summed E-state index contributed by atoms with van der Waals surface area (Å²) in [6.45, 7) is 2.32. The van der Waals surface area contributed by atoms with E-state index in [4.69, 9.17) is 0 Å². The molecule has 1 heteroatoms. The summed E-state index contributed by atoms with van der Waals surface area (Å²) in [4.78, 5) is 0. The molecule has 1 N–H and O–H groups in total. The highest BCUT2D eigenvalue weighted by Gasteiger charge is 2.32. The molecule has 0 bridgehead atoms. The number of aliphatic hydroxyl groups is 1. The lowest BCUT2D eigenvalue weighted by Gasteiger charge is -2.38. The summed E-state index contributed by atoms with van der Waals surface area (Å²) in [5.41, 5.74) is 0. The van der Waals surface area contributed by atoms with Crippen LogP contribution in [0.4, 0.5) is 0 Å². The highest BCUT2D eigenvalue weighted by molar-refractivity contribution is 4.83. The zero-order chi connectivity index (χ0) is 10.7. The molecule has 0 amide bonds. The lowest BCUT2D eigenvalue weighted by atomic mass is 9.69. The molecule has 0 radical (unpaired) electrons. The molecule has 2 unspecified atom stereocenters. The van der Waals surface area contributed by atoms with Crippen molar-refractivity contribution in [2.24, 2.45) is 17.8 Å². The maximum Gasteiger partial charge on any atom is 0.0571 e. The van der Waals surface area contributed by atoms with Gasteiger partial charge in [-0.1, -0.05) is 39.0 Å². The molecular weight excluding hydrogens is 184 g/mol. The molecule has 2 aliphatic carbocycles. The van der Waals surface area contributed by atoms with Crippen molar-refractivity contribution in [3.63, 3.8) is 0 Å². The second kappa shape index (κ2) is 5.34. The average Bonchev–Trinajstić information content (AvgIpc) is 2.30. The van der Waals surface area contributed by atoms with Gasteiger partial charge in [-0.2, -0.15) is 0 Å². The monoisotopic (exact) mass is 210 g/mol. The Kier molecular flexibility index (Phi) is 4.07. The Labute approximate surface area is 94.3 Å². The van der Waals surface area contributed by atoms with Crippen LogP contribution in [0, 0.1) is 17.8 Å². The molecule has 0 aromatic rings. The van der Waals surface area contributed by atoms with Crippen LogP contribution >= 0.6 is 0 Å². The topological polar surface area (TPSA) is 20.2 Å². The highest BCUT2D eigenvalue weighted by atomic mass is 16.3. The molecular formula is C14H26O. The third kappa shape index (κ3) is 2.75. The summed E-state index contributed by atoms with van der Waals surface area (Å²) in [5, 5.41) is 10.0. The highest BCUT2D eigenvalue weighted by Crippen LogP contribution is 2.40. The number of hydrogen-bond donors (Lipinski definition) is 1. The van der Waals surface area contributed by atoms with Crippen molar-refractivity contribution < 1.29 is 5.11 Å². The number of aliphatic hydroxyl groups excluding tert-OH is 1. The Bertz CT molecular complexity index is 182. The summed E-state index contributed by atoms with van der Waals surface area (Å²) in [5.74, 6) is 2.49. The van der Waals surface area contributed by atoms with E-state index in [1.807, 2.05) is 0 Å². The lowest BCUT2D eigenvalue weighted by Crippen LogP contribution is -2.33. The minimum atomic E-state index is 0.0296. The van der Waals surface area contributed by atoms with Crippen LogP contribution in [0.5, 0.6) is 0 Å². The van der Waals surface area contributed by atoms with Crippen LogP contribution in [0.15, 0.2) is 0 Å². The first kappa shape index (κ1) is 11.4. The van der Waals surface area contributed by atoms with Gasteiger partial charge in [-0.15, -0.1) is 0 Å². The smallest absolute Gasteiger partial charge is 0.0571 e. The molecule has 0 aliphatic heterocycles. The first-order valence-electron chi connectivity index (χ1n) is 6.99. The molecule has 2 fully saturated rings. The standard InChI is InChI=1S/C14H26O/c1-2-11-7-9-12(10-8-11)13-5-3-4-6-14(13)15/h11-15H,2-10H2,1H3. The molecule has 2 rings (SSSR count). The fraction of sp³-hybridized carbons (Fsp3) is 1.00. The van der Waals surface area contributed by atoms with Crippen molar-refractivity contribution >= 4 is 0 Å². The van der Waals surface area contributed by atoms with Gasteiger partial charge >= 0.3 is 0 Å². The second-order valence-electron chi connectivity index (χ2n) is 5.70. The molecule has 1 nitrogen and oxygen atoms in total. The van der Waals surface area contributed by atoms with Crippen LogP contribution in [0.3, 0.4) is 0 Å². The molecule has 2 atom stereocenters. The minimum Gasteiger partial charge on any atom is -0.393 e. The summed E-state index contributed by atoms with van der Waals surface area (Å²) >= 11 is 0. The summed E-state index contributed by atoms with van der Waals surface area (Å²) in [6.07, 6.45) is 12.0. The van der Waals surface area contributed by atoms with Crippen molar-refractivity contribution in [1.29, 1.82) is 0 Å². The second-order valence-corrected chi connectivity index (χ2v) is 5.70. The van der Waals surface area contributed by atoms with Crippen LogP contribution in [-0.4, -0.2) is 11.2 Å². The van der Waals surface area contributed by atoms with Crippen LogP contribution < -0.4 is 0 Å². The predicted octanol–water partition coefficient (Wildman–Crippen LogP) is 3.75. The first-order valence-corrected chi connectivity index (χ1v) is 6.99. The van der Waals surface area contributed by atoms with E-state index in [0.717, 1.165) is 18.3 Å². The van der Waals surface area contributed by atoms with Crippen LogP contribution in [0.25, 0.3) is 0 Å². The first-order chi connectivity index (χ1) is 7.31. The number of hydrogen-bond acceptors (Lipinski definition) is 1. The SMILES string of the molecule is CCC1CCC(C2CCCCC2O)CC1. The van der Waals surface area contributed by atoms with Crippen molar-refractivity contribution in [2.75, 3.05) is 0 Å². The fourth-order valence-corrected chi connectivity index (χ4v) is 3.71. The maximum atomic E-state index is 10.0. The third-order valence-electron chi connectivity index (χ3n) is 4.86. The molecule has 2 saturated carbocycles. The van der Waals surface area contributed by atoms with E-state index in [1.54, 1.807) is 0 Å². The average molecular weight is 210 g/mol. The Morgan fingerprint density at radius 1 is 0.933 bits per heavy atom. The van der Waals surface area contributed by atoms with E-state index < -0.39 is 0 Å². The van der Waals surface area contributed by atoms with Crippen molar-refractivity contribution in [2.45, 2.75) is 70.8 Å². The maximum absolute atomic E-state index is 10.0. The minimum absolute atomic E-state index is 0.0296. The molecule has 0 aromatic heterocycles. The van der Waals surface area contributed by atoms with E-state index in [0.29, 0.717) is 5.92 Å². The van der Waals surface area contributed by atoms with Crippen molar-refractivity contribution in [3.8, 4) is 0 Å². The van der Waals surface area contributed by atoms with Crippen molar-refractivity contribution in [3.05, 3.63) is 0 Å². The van der Waals surface area contributed by atoms with E-state index >= 15 is 0 Å². The van der Waals surface area contributed by atoms with E-state index in [1.165, 1.54) is 51.4 Å². The van der Waals surface area contributed by atoms with Crippen LogP contribution in [-0.2, 0) is 0 Å².